The largest absolute Gasteiger partial charge is 0.370 e. The molecule has 0 saturated carbocycles. The van der Waals surface area contributed by atoms with Crippen molar-refractivity contribution >= 4 is 28.4 Å². The Morgan fingerprint density at radius 2 is 1.77 bits per heavy atom. The zero-order valence-corrected chi connectivity index (χ0v) is 17.7. The topological polar surface area (TPSA) is 89.8 Å². The van der Waals surface area contributed by atoms with Crippen molar-refractivity contribution in [3.05, 3.63) is 48.3 Å². The lowest BCUT2D eigenvalue weighted by Gasteiger charge is -2.38. The normalized spacial score (nSPS) is 15.2. The summed E-state index contributed by atoms with van der Waals surface area (Å²) in [5, 5.41) is 17.9. The van der Waals surface area contributed by atoms with E-state index in [4.69, 9.17) is 4.98 Å². The summed E-state index contributed by atoms with van der Waals surface area (Å²) in [6.45, 7) is 8.38. The Bertz CT molecular complexity index is 1060. The molecule has 1 saturated heterocycles. The van der Waals surface area contributed by atoms with E-state index in [9.17, 15) is 5.26 Å². The second kappa shape index (κ2) is 8.25. The van der Waals surface area contributed by atoms with Gasteiger partial charge in [0.1, 0.15) is 11.6 Å². The van der Waals surface area contributed by atoms with Gasteiger partial charge in [-0.15, -0.1) is 0 Å². The maximum absolute atomic E-state index is 10.1. The van der Waals surface area contributed by atoms with E-state index in [0.717, 1.165) is 42.5 Å². The smallest absolute Gasteiger partial charge is 0.228 e. The average molecular weight is 402 g/mol. The molecule has 30 heavy (non-hydrogen) atoms. The molecule has 0 radical (unpaired) electrons. The third kappa shape index (κ3) is 4.34. The standard InChI is InChI=1S/C23H27N7/c1-23(2,3)29-16-9-13-30(14-10-16)20-17-7-4-5-8-19(17)27-21(18(20)15-24)28-22-25-11-6-12-26-22/h4-8,11-12,16,29H,9-10,13-14H2,1-3H3,(H,25,26,27,28). The number of hydrogen-bond donors (Lipinski definition) is 2. The quantitative estimate of drug-likeness (QED) is 0.683. The Hall–Kier alpha value is -3.24. The van der Waals surface area contributed by atoms with Crippen molar-refractivity contribution in [2.75, 3.05) is 23.3 Å². The number of pyridine rings is 1. The van der Waals surface area contributed by atoms with Gasteiger partial charge >= 0.3 is 0 Å². The third-order valence-corrected chi connectivity index (χ3v) is 5.22. The zero-order valence-electron chi connectivity index (χ0n) is 17.7. The Labute approximate surface area is 177 Å². The van der Waals surface area contributed by atoms with Crippen molar-refractivity contribution in [3.8, 4) is 6.07 Å². The number of aromatic nitrogens is 3. The second-order valence-corrected chi connectivity index (χ2v) is 8.67. The number of piperidine rings is 1. The van der Waals surface area contributed by atoms with Gasteiger partial charge in [-0.05, 0) is 45.7 Å². The number of rotatable bonds is 4. The highest BCUT2D eigenvalue weighted by atomic mass is 15.2. The molecule has 3 heterocycles. The molecule has 0 aliphatic carbocycles. The number of para-hydroxylation sites is 1. The number of benzene rings is 1. The summed E-state index contributed by atoms with van der Waals surface area (Å²) < 4.78 is 0. The van der Waals surface area contributed by atoms with Crippen LogP contribution in [-0.2, 0) is 0 Å². The van der Waals surface area contributed by atoms with Gasteiger partial charge < -0.3 is 15.5 Å². The van der Waals surface area contributed by atoms with Gasteiger partial charge in [0.15, 0.2) is 5.82 Å². The van der Waals surface area contributed by atoms with Gasteiger partial charge in [0.25, 0.3) is 0 Å². The maximum atomic E-state index is 10.1. The Morgan fingerprint density at radius 1 is 1.07 bits per heavy atom. The van der Waals surface area contributed by atoms with Crippen LogP contribution in [0, 0.1) is 11.3 Å². The number of nitrogens with one attached hydrogen (secondary N) is 2. The average Bonchev–Trinajstić information content (AvgIpc) is 2.73. The summed E-state index contributed by atoms with van der Waals surface area (Å²) in [4.78, 5) is 15.5. The van der Waals surface area contributed by atoms with Crippen LogP contribution < -0.4 is 15.5 Å². The first-order chi connectivity index (χ1) is 14.4. The molecule has 7 nitrogen and oxygen atoms in total. The lowest BCUT2D eigenvalue weighted by molar-refractivity contribution is 0.317. The van der Waals surface area contributed by atoms with Gasteiger partial charge in [-0.2, -0.15) is 5.26 Å². The number of fused-ring (bicyclic) bond motifs is 1. The molecule has 0 bridgehead atoms. The monoisotopic (exact) mass is 401 g/mol. The van der Waals surface area contributed by atoms with E-state index in [1.807, 2.05) is 24.3 Å². The lowest BCUT2D eigenvalue weighted by atomic mass is 9.98. The summed E-state index contributed by atoms with van der Waals surface area (Å²) in [5.74, 6) is 0.920. The molecule has 0 atom stereocenters. The molecular formula is C23H27N7. The molecule has 1 aliphatic rings. The molecule has 3 aromatic rings. The van der Waals surface area contributed by atoms with E-state index in [0.29, 0.717) is 23.4 Å². The van der Waals surface area contributed by atoms with Crippen LogP contribution in [0.4, 0.5) is 17.5 Å². The summed E-state index contributed by atoms with van der Waals surface area (Å²) >= 11 is 0. The predicted molar refractivity (Wildman–Crippen MR) is 120 cm³/mol. The highest BCUT2D eigenvalue weighted by Gasteiger charge is 2.27. The first-order valence-electron chi connectivity index (χ1n) is 10.3. The van der Waals surface area contributed by atoms with Crippen LogP contribution in [0.15, 0.2) is 42.7 Å². The predicted octanol–water partition coefficient (Wildman–Crippen LogP) is 4.00. The van der Waals surface area contributed by atoms with Gasteiger partial charge in [-0.1, -0.05) is 18.2 Å². The third-order valence-electron chi connectivity index (χ3n) is 5.22. The molecule has 1 fully saturated rings. The van der Waals surface area contributed by atoms with Gasteiger partial charge in [0.05, 0.1) is 11.2 Å². The number of anilines is 3. The maximum Gasteiger partial charge on any atom is 0.228 e. The highest BCUT2D eigenvalue weighted by Crippen LogP contribution is 2.36. The van der Waals surface area contributed by atoms with E-state index in [1.165, 1.54) is 0 Å². The van der Waals surface area contributed by atoms with Gasteiger partial charge in [0, 0.05) is 42.5 Å². The van der Waals surface area contributed by atoms with Crippen molar-refractivity contribution in [3.63, 3.8) is 0 Å². The molecule has 4 rings (SSSR count). The zero-order chi connectivity index (χ0) is 21.1. The van der Waals surface area contributed by atoms with Crippen molar-refractivity contribution in [2.45, 2.75) is 45.2 Å². The lowest BCUT2D eigenvalue weighted by Crippen LogP contribution is -2.49. The van der Waals surface area contributed by atoms with Crippen LogP contribution in [0.25, 0.3) is 10.9 Å². The molecule has 154 valence electrons. The van der Waals surface area contributed by atoms with Gasteiger partial charge in [-0.3, -0.25) is 0 Å². The van der Waals surface area contributed by atoms with Crippen LogP contribution in [0.3, 0.4) is 0 Å². The number of hydrogen-bond acceptors (Lipinski definition) is 7. The minimum atomic E-state index is 0.0980. The summed E-state index contributed by atoms with van der Waals surface area (Å²) in [6, 6.07) is 12.6. The number of nitriles is 1. The second-order valence-electron chi connectivity index (χ2n) is 8.67. The Kier molecular flexibility index (Phi) is 5.51. The Morgan fingerprint density at radius 3 is 2.43 bits per heavy atom. The Balaban J connectivity index is 1.71. The highest BCUT2D eigenvalue weighted by molar-refractivity contribution is 5.98. The fourth-order valence-corrected chi connectivity index (χ4v) is 4.05. The first kappa shape index (κ1) is 20.0. The summed E-state index contributed by atoms with van der Waals surface area (Å²) in [7, 11) is 0. The fraction of sp³-hybridized carbons (Fsp3) is 0.391. The van der Waals surface area contributed by atoms with E-state index < -0.39 is 0 Å². The van der Waals surface area contributed by atoms with E-state index in [1.54, 1.807) is 18.5 Å². The molecule has 2 N–H and O–H groups in total. The van der Waals surface area contributed by atoms with Crippen LogP contribution in [0.2, 0.25) is 0 Å². The van der Waals surface area contributed by atoms with Crippen LogP contribution >= 0.6 is 0 Å². The van der Waals surface area contributed by atoms with E-state index in [2.05, 4.69) is 52.3 Å². The van der Waals surface area contributed by atoms with E-state index in [-0.39, 0.29) is 5.54 Å². The summed E-state index contributed by atoms with van der Waals surface area (Å²) in [6.07, 6.45) is 5.39. The molecule has 7 heteroatoms. The summed E-state index contributed by atoms with van der Waals surface area (Å²) in [5.41, 5.74) is 2.42. The first-order valence-corrected chi connectivity index (χ1v) is 10.3. The molecule has 1 aliphatic heterocycles. The fourth-order valence-electron chi connectivity index (χ4n) is 4.05. The van der Waals surface area contributed by atoms with E-state index >= 15 is 0 Å². The van der Waals surface area contributed by atoms with Crippen LogP contribution in [0.5, 0.6) is 0 Å². The minimum Gasteiger partial charge on any atom is -0.370 e. The van der Waals surface area contributed by atoms with Crippen molar-refractivity contribution in [1.82, 2.24) is 20.3 Å². The molecule has 0 unspecified atom stereocenters. The molecule has 1 aromatic carbocycles. The molecule has 2 aromatic heterocycles. The minimum absolute atomic E-state index is 0.0980. The van der Waals surface area contributed by atoms with Gasteiger partial charge in [-0.25, -0.2) is 15.0 Å². The SMILES string of the molecule is CC(C)(C)NC1CCN(c2c(C#N)c(Nc3ncccn3)nc3ccccc23)CC1. The van der Waals surface area contributed by atoms with Crippen LogP contribution in [0.1, 0.15) is 39.2 Å². The molecule has 0 spiro atoms. The molecule has 0 amide bonds. The van der Waals surface area contributed by atoms with Gasteiger partial charge in [0.2, 0.25) is 5.95 Å². The number of nitrogens with zero attached hydrogens (tertiary/aromatic N) is 5. The van der Waals surface area contributed by atoms with Crippen molar-refractivity contribution in [2.24, 2.45) is 0 Å². The van der Waals surface area contributed by atoms with Crippen LogP contribution in [-0.4, -0.2) is 39.6 Å². The molecular weight excluding hydrogens is 374 g/mol. The van der Waals surface area contributed by atoms with Crippen molar-refractivity contribution in [1.29, 1.82) is 5.26 Å². The van der Waals surface area contributed by atoms with Crippen molar-refractivity contribution < 1.29 is 0 Å².